The van der Waals surface area contributed by atoms with Gasteiger partial charge in [0.2, 0.25) is 0 Å². The molecule has 0 heterocycles. The molecular formula is C20H31NO. The first-order valence-electron chi connectivity index (χ1n) is 8.69. The van der Waals surface area contributed by atoms with Gasteiger partial charge in [-0.1, -0.05) is 51.1 Å². The van der Waals surface area contributed by atoms with Gasteiger partial charge in [0.05, 0.1) is 12.7 Å². The molecule has 0 aromatic heterocycles. The van der Waals surface area contributed by atoms with Crippen LogP contribution < -0.4 is 0 Å². The lowest BCUT2D eigenvalue weighted by Crippen LogP contribution is -2.35. The summed E-state index contributed by atoms with van der Waals surface area (Å²) in [5.74, 6) is 1.22. The van der Waals surface area contributed by atoms with Crippen molar-refractivity contribution in [3.8, 4) is 0 Å². The SMILES string of the molecule is CN(C)CCO[C@H]1[C@H]2CC[C@@](C)([C@H]1c1ccccc1)C2(C)C. The third kappa shape index (κ3) is 2.32. The van der Waals surface area contributed by atoms with Crippen molar-refractivity contribution in [2.24, 2.45) is 16.7 Å². The molecule has 2 nitrogen and oxygen atoms in total. The average molecular weight is 301 g/mol. The molecule has 0 unspecified atom stereocenters. The zero-order chi connectivity index (χ0) is 16.0. The van der Waals surface area contributed by atoms with Crippen molar-refractivity contribution in [2.75, 3.05) is 27.2 Å². The van der Waals surface area contributed by atoms with E-state index >= 15 is 0 Å². The van der Waals surface area contributed by atoms with Gasteiger partial charge in [0.25, 0.3) is 0 Å². The molecular weight excluding hydrogens is 270 g/mol. The number of ether oxygens (including phenoxy) is 1. The van der Waals surface area contributed by atoms with Crippen LogP contribution in [0.15, 0.2) is 30.3 Å². The highest BCUT2D eigenvalue weighted by Crippen LogP contribution is 2.71. The number of likely N-dealkylation sites (N-methyl/N-ethyl adjacent to an activating group) is 1. The van der Waals surface area contributed by atoms with Crippen LogP contribution in [-0.4, -0.2) is 38.3 Å². The molecule has 1 aromatic carbocycles. The molecule has 22 heavy (non-hydrogen) atoms. The smallest absolute Gasteiger partial charge is 0.0683 e. The fraction of sp³-hybridized carbons (Fsp3) is 0.700. The van der Waals surface area contributed by atoms with Gasteiger partial charge in [0, 0.05) is 12.5 Å². The molecule has 0 radical (unpaired) electrons. The molecule has 122 valence electrons. The van der Waals surface area contributed by atoms with Gasteiger partial charge < -0.3 is 9.64 Å². The molecule has 4 atom stereocenters. The van der Waals surface area contributed by atoms with Gasteiger partial charge in [0.1, 0.15) is 0 Å². The van der Waals surface area contributed by atoms with E-state index in [4.69, 9.17) is 4.74 Å². The number of rotatable bonds is 5. The quantitative estimate of drug-likeness (QED) is 0.809. The van der Waals surface area contributed by atoms with Gasteiger partial charge in [-0.25, -0.2) is 0 Å². The van der Waals surface area contributed by atoms with E-state index in [1.807, 2.05) is 0 Å². The van der Waals surface area contributed by atoms with Crippen LogP contribution in [0, 0.1) is 16.7 Å². The van der Waals surface area contributed by atoms with Crippen molar-refractivity contribution in [1.29, 1.82) is 0 Å². The van der Waals surface area contributed by atoms with Crippen LogP contribution in [0.2, 0.25) is 0 Å². The number of benzene rings is 1. The van der Waals surface area contributed by atoms with Crippen LogP contribution in [0.5, 0.6) is 0 Å². The molecule has 2 aliphatic rings. The van der Waals surface area contributed by atoms with Crippen molar-refractivity contribution in [1.82, 2.24) is 4.90 Å². The summed E-state index contributed by atoms with van der Waals surface area (Å²) in [6.45, 7) is 9.28. The Kier molecular flexibility index (Phi) is 4.11. The van der Waals surface area contributed by atoms with Crippen molar-refractivity contribution in [3.05, 3.63) is 35.9 Å². The molecule has 0 N–H and O–H groups in total. The largest absolute Gasteiger partial charge is 0.376 e. The molecule has 3 rings (SSSR count). The van der Waals surface area contributed by atoms with Gasteiger partial charge in [0.15, 0.2) is 0 Å². The van der Waals surface area contributed by atoms with Crippen molar-refractivity contribution >= 4 is 0 Å². The minimum atomic E-state index is 0.349. The highest BCUT2D eigenvalue weighted by molar-refractivity contribution is 5.31. The lowest BCUT2D eigenvalue weighted by atomic mass is 9.65. The predicted octanol–water partition coefficient (Wildman–Crippen LogP) is 4.17. The topological polar surface area (TPSA) is 12.5 Å². The standard InChI is InChI=1S/C20H31NO/c1-19(2)16-11-12-20(19,3)17(15-9-7-6-8-10-15)18(16)22-14-13-21(4)5/h6-10,16-18H,11-14H2,1-5H3/t16-,17+,18+,20+/m1/s1. The van der Waals surface area contributed by atoms with Crippen LogP contribution in [0.4, 0.5) is 0 Å². The number of nitrogens with zero attached hydrogens (tertiary/aromatic N) is 1. The summed E-state index contributed by atoms with van der Waals surface area (Å²) in [6, 6.07) is 11.1. The summed E-state index contributed by atoms with van der Waals surface area (Å²) >= 11 is 0. The van der Waals surface area contributed by atoms with Crippen LogP contribution >= 0.6 is 0 Å². The van der Waals surface area contributed by atoms with Crippen LogP contribution in [-0.2, 0) is 4.74 Å². The second-order valence-electron chi connectivity index (χ2n) is 8.31. The molecule has 0 amide bonds. The molecule has 1 aromatic rings. The zero-order valence-corrected chi connectivity index (χ0v) is 14.8. The van der Waals surface area contributed by atoms with E-state index in [1.54, 1.807) is 0 Å². The maximum atomic E-state index is 6.47. The molecule has 2 fully saturated rings. The Hall–Kier alpha value is -0.860. The Morgan fingerprint density at radius 3 is 2.45 bits per heavy atom. The van der Waals surface area contributed by atoms with Crippen LogP contribution in [0.1, 0.15) is 45.1 Å². The highest BCUT2D eigenvalue weighted by atomic mass is 16.5. The maximum absolute atomic E-state index is 6.47. The summed E-state index contributed by atoms with van der Waals surface area (Å²) in [6.07, 6.45) is 3.02. The minimum Gasteiger partial charge on any atom is -0.376 e. The Balaban J connectivity index is 1.89. The molecule has 0 aliphatic heterocycles. The van der Waals surface area contributed by atoms with Gasteiger partial charge in [-0.3, -0.25) is 0 Å². The van der Waals surface area contributed by atoms with E-state index in [-0.39, 0.29) is 0 Å². The molecule has 2 aliphatic carbocycles. The first-order chi connectivity index (χ1) is 10.4. The first kappa shape index (κ1) is 16.0. The van der Waals surface area contributed by atoms with E-state index in [0.29, 0.717) is 28.8 Å². The van der Waals surface area contributed by atoms with E-state index in [2.05, 4.69) is 70.1 Å². The Bertz CT molecular complexity index is 510. The highest BCUT2D eigenvalue weighted by Gasteiger charge is 2.66. The number of hydrogen-bond acceptors (Lipinski definition) is 2. The molecule has 0 spiro atoms. The number of hydrogen-bond donors (Lipinski definition) is 0. The normalized spacial score (nSPS) is 36.2. The predicted molar refractivity (Wildman–Crippen MR) is 92.1 cm³/mol. The van der Waals surface area contributed by atoms with E-state index in [9.17, 15) is 0 Å². The average Bonchev–Trinajstić information content (AvgIpc) is 2.78. The third-order valence-electron chi connectivity index (χ3n) is 6.79. The Labute approximate surface area is 135 Å². The van der Waals surface area contributed by atoms with Gasteiger partial charge in [-0.15, -0.1) is 0 Å². The molecule has 2 heteroatoms. The van der Waals surface area contributed by atoms with Crippen molar-refractivity contribution in [2.45, 2.75) is 45.6 Å². The van der Waals surface area contributed by atoms with Crippen LogP contribution in [0.25, 0.3) is 0 Å². The summed E-state index contributed by atoms with van der Waals surface area (Å²) in [5.41, 5.74) is 2.17. The van der Waals surface area contributed by atoms with Crippen molar-refractivity contribution in [3.63, 3.8) is 0 Å². The van der Waals surface area contributed by atoms with E-state index in [1.165, 1.54) is 18.4 Å². The Morgan fingerprint density at radius 2 is 1.82 bits per heavy atom. The molecule has 2 saturated carbocycles. The summed E-state index contributed by atoms with van der Waals surface area (Å²) < 4.78 is 6.47. The third-order valence-corrected chi connectivity index (χ3v) is 6.79. The Morgan fingerprint density at radius 1 is 1.14 bits per heavy atom. The summed E-state index contributed by atoms with van der Waals surface area (Å²) in [4.78, 5) is 2.21. The second-order valence-corrected chi connectivity index (χ2v) is 8.31. The minimum absolute atomic E-state index is 0.349. The monoisotopic (exact) mass is 301 g/mol. The molecule has 2 bridgehead atoms. The lowest BCUT2D eigenvalue weighted by Gasteiger charge is -2.40. The van der Waals surface area contributed by atoms with E-state index < -0.39 is 0 Å². The lowest BCUT2D eigenvalue weighted by molar-refractivity contribution is -0.0137. The fourth-order valence-electron chi connectivity index (χ4n) is 5.09. The second kappa shape index (κ2) is 5.65. The maximum Gasteiger partial charge on any atom is 0.0683 e. The van der Waals surface area contributed by atoms with Gasteiger partial charge in [-0.05, 0) is 49.2 Å². The zero-order valence-electron chi connectivity index (χ0n) is 14.8. The van der Waals surface area contributed by atoms with Crippen LogP contribution in [0.3, 0.4) is 0 Å². The molecule has 0 saturated heterocycles. The van der Waals surface area contributed by atoms with E-state index in [0.717, 1.165) is 13.2 Å². The fourth-order valence-corrected chi connectivity index (χ4v) is 5.09. The first-order valence-corrected chi connectivity index (χ1v) is 8.69. The van der Waals surface area contributed by atoms with Gasteiger partial charge in [-0.2, -0.15) is 0 Å². The summed E-state index contributed by atoms with van der Waals surface area (Å²) in [7, 11) is 4.23. The number of fused-ring (bicyclic) bond motifs is 2. The summed E-state index contributed by atoms with van der Waals surface area (Å²) in [5, 5.41) is 0. The van der Waals surface area contributed by atoms with Crippen molar-refractivity contribution < 1.29 is 4.74 Å². The van der Waals surface area contributed by atoms with Gasteiger partial charge >= 0.3 is 0 Å².